The highest BCUT2D eigenvalue weighted by molar-refractivity contribution is 5.85. The van der Waals surface area contributed by atoms with E-state index >= 15 is 0 Å². The largest absolute Gasteiger partial charge is 0.485 e. The van der Waals surface area contributed by atoms with Crippen molar-refractivity contribution < 1.29 is 14.3 Å². The molecule has 0 bridgehead atoms. The highest BCUT2D eigenvalue weighted by Gasteiger charge is 2.28. The Morgan fingerprint density at radius 2 is 1.59 bits per heavy atom. The molecule has 1 aliphatic rings. The fourth-order valence-electron chi connectivity index (χ4n) is 2.98. The maximum absolute atomic E-state index is 12.4. The van der Waals surface area contributed by atoms with Crippen LogP contribution in [0.3, 0.4) is 0 Å². The van der Waals surface area contributed by atoms with Gasteiger partial charge in [0.15, 0.2) is 11.5 Å². The summed E-state index contributed by atoms with van der Waals surface area (Å²) in [5.74, 6) is 0.912. The van der Waals surface area contributed by atoms with E-state index in [0.717, 1.165) is 11.1 Å². The molecule has 0 spiro atoms. The van der Waals surface area contributed by atoms with Gasteiger partial charge < -0.3 is 9.47 Å². The number of benzene rings is 2. The molecule has 1 heterocycles. The summed E-state index contributed by atoms with van der Waals surface area (Å²) in [6, 6.07) is 14.0. The molecule has 3 rings (SSSR count). The number of hydrazone groups is 1. The summed E-state index contributed by atoms with van der Waals surface area (Å²) < 4.78 is 11.6. The molecule has 0 saturated heterocycles. The van der Waals surface area contributed by atoms with Gasteiger partial charge in [0.1, 0.15) is 6.61 Å². The van der Waals surface area contributed by atoms with Crippen LogP contribution in [0.5, 0.6) is 11.5 Å². The molecule has 5 nitrogen and oxygen atoms in total. The molecule has 1 amide bonds. The van der Waals surface area contributed by atoms with E-state index in [0.29, 0.717) is 11.5 Å². The van der Waals surface area contributed by atoms with Gasteiger partial charge in [-0.1, -0.05) is 71.9 Å². The van der Waals surface area contributed by atoms with Crippen LogP contribution in [0.25, 0.3) is 0 Å². The molecule has 1 aliphatic heterocycles. The fourth-order valence-corrected chi connectivity index (χ4v) is 2.98. The Bertz CT molecular complexity index is 903. The molecule has 2 aromatic carbocycles. The first-order chi connectivity index (χ1) is 13.5. The van der Waals surface area contributed by atoms with Crippen molar-refractivity contribution in [1.29, 1.82) is 0 Å². The molecule has 29 heavy (non-hydrogen) atoms. The average Bonchev–Trinajstić information content (AvgIpc) is 2.66. The van der Waals surface area contributed by atoms with E-state index in [-0.39, 0.29) is 23.3 Å². The van der Waals surface area contributed by atoms with E-state index in [9.17, 15) is 4.79 Å². The number of fused-ring (bicyclic) bond motifs is 1. The van der Waals surface area contributed by atoms with Crippen molar-refractivity contribution in [3.63, 3.8) is 0 Å². The number of carbonyl (C=O) groups is 1. The smallest absolute Gasteiger partial charge is 0.284 e. The van der Waals surface area contributed by atoms with Gasteiger partial charge in [-0.05, 0) is 39.7 Å². The predicted octanol–water partition coefficient (Wildman–Crippen LogP) is 4.57. The summed E-state index contributed by atoms with van der Waals surface area (Å²) in [6.07, 6.45) is 0.887. The molecule has 0 aromatic heterocycles. The van der Waals surface area contributed by atoms with Crippen molar-refractivity contribution in [2.24, 2.45) is 5.10 Å². The third kappa shape index (κ3) is 5.17. The van der Waals surface area contributed by atoms with Crippen molar-refractivity contribution in [3.8, 4) is 11.5 Å². The average molecular weight is 395 g/mol. The fraction of sp³-hybridized carbons (Fsp3) is 0.417. The van der Waals surface area contributed by atoms with Gasteiger partial charge in [0.25, 0.3) is 5.91 Å². The summed E-state index contributed by atoms with van der Waals surface area (Å²) >= 11 is 0. The van der Waals surface area contributed by atoms with Crippen molar-refractivity contribution in [1.82, 2.24) is 5.43 Å². The number of carbonyl (C=O) groups excluding carboxylic acids is 1. The third-order valence-corrected chi connectivity index (χ3v) is 4.93. The number of hydrogen-bond acceptors (Lipinski definition) is 4. The van der Waals surface area contributed by atoms with Crippen LogP contribution in [0.1, 0.15) is 58.2 Å². The van der Waals surface area contributed by atoms with Crippen LogP contribution >= 0.6 is 0 Å². The van der Waals surface area contributed by atoms with Gasteiger partial charge in [-0.2, -0.15) is 5.10 Å². The highest BCUT2D eigenvalue weighted by atomic mass is 16.6. The summed E-state index contributed by atoms with van der Waals surface area (Å²) in [6.45, 7) is 13.1. The van der Waals surface area contributed by atoms with E-state index < -0.39 is 6.10 Å². The van der Waals surface area contributed by atoms with Crippen molar-refractivity contribution in [2.45, 2.75) is 58.5 Å². The second kappa shape index (κ2) is 7.90. The Morgan fingerprint density at radius 1 is 0.966 bits per heavy atom. The lowest BCUT2D eigenvalue weighted by Gasteiger charge is -2.27. The number of rotatable bonds is 3. The molecule has 5 heteroatoms. The van der Waals surface area contributed by atoms with Crippen molar-refractivity contribution in [3.05, 3.63) is 59.2 Å². The lowest BCUT2D eigenvalue weighted by Crippen LogP contribution is -2.42. The molecule has 1 atom stereocenters. The van der Waals surface area contributed by atoms with Crippen LogP contribution in [0, 0.1) is 0 Å². The first-order valence-electron chi connectivity index (χ1n) is 9.91. The minimum absolute atomic E-state index is 0.0135. The Hall–Kier alpha value is -2.82. The van der Waals surface area contributed by atoms with E-state index in [2.05, 4.69) is 64.2 Å². The Kier molecular flexibility index (Phi) is 5.69. The van der Waals surface area contributed by atoms with Crippen LogP contribution in [0.2, 0.25) is 0 Å². The second-order valence-electron chi connectivity index (χ2n) is 9.44. The van der Waals surface area contributed by atoms with Gasteiger partial charge in [-0.15, -0.1) is 0 Å². The molecule has 154 valence electrons. The number of ether oxygens (including phenoxy) is 2. The van der Waals surface area contributed by atoms with Crippen LogP contribution in [0.4, 0.5) is 0 Å². The molecule has 0 radical (unpaired) electrons. The van der Waals surface area contributed by atoms with E-state index in [1.165, 1.54) is 5.56 Å². The number of hydrogen-bond donors (Lipinski definition) is 1. The van der Waals surface area contributed by atoms with Gasteiger partial charge in [-0.25, -0.2) is 5.43 Å². The van der Waals surface area contributed by atoms with Crippen LogP contribution in [-0.4, -0.2) is 24.8 Å². The molecule has 0 unspecified atom stereocenters. The standard InChI is InChI=1S/C24H30N2O3/c1-23(2,3)17-9-7-16(8-10-17)14-25-26-22(27)21-15-28-19-12-11-18(24(4,5)6)13-20(19)29-21/h7-14,21H,15H2,1-6H3,(H,26,27)/b25-14+/t21-/m0/s1. The van der Waals surface area contributed by atoms with Gasteiger partial charge in [0, 0.05) is 0 Å². The minimum Gasteiger partial charge on any atom is -0.485 e. The zero-order chi connectivity index (χ0) is 21.2. The van der Waals surface area contributed by atoms with Crippen LogP contribution in [0.15, 0.2) is 47.6 Å². The molecule has 0 saturated carbocycles. The van der Waals surface area contributed by atoms with E-state index in [1.54, 1.807) is 6.21 Å². The number of nitrogens with one attached hydrogen (secondary N) is 1. The van der Waals surface area contributed by atoms with Gasteiger partial charge in [0.05, 0.1) is 6.21 Å². The van der Waals surface area contributed by atoms with Gasteiger partial charge in [0.2, 0.25) is 6.10 Å². The molecular formula is C24H30N2O3. The summed E-state index contributed by atoms with van der Waals surface area (Å²) in [7, 11) is 0. The number of nitrogens with zero attached hydrogens (tertiary/aromatic N) is 1. The van der Waals surface area contributed by atoms with Crippen LogP contribution < -0.4 is 14.9 Å². The third-order valence-electron chi connectivity index (χ3n) is 4.93. The Morgan fingerprint density at radius 3 is 2.21 bits per heavy atom. The monoisotopic (exact) mass is 394 g/mol. The lowest BCUT2D eigenvalue weighted by molar-refractivity contribution is -0.130. The predicted molar refractivity (Wildman–Crippen MR) is 116 cm³/mol. The van der Waals surface area contributed by atoms with E-state index in [1.807, 2.05) is 30.3 Å². The first kappa shape index (κ1) is 20.9. The Labute approximate surface area is 173 Å². The molecular weight excluding hydrogens is 364 g/mol. The normalized spacial score (nSPS) is 16.7. The quantitative estimate of drug-likeness (QED) is 0.613. The maximum atomic E-state index is 12.4. The number of amides is 1. The minimum atomic E-state index is -0.738. The van der Waals surface area contributed by atoms with Gasteiger partial charge >= 0.3 is 0 Å². The molecule has 0 aliphatic carbocycles. The molecule has 2 aromatic rings. The topological polar surface area (TPSA) is 59.9 Å². The summed E-state index contributed by atoms with van der Waals surface area (Å²) in [5, 5.41) is 4.06. The zero-order valence-electron chi connectivity index (χ0n) is 18.1. The second-order valence-corrected chi connectivity index (χ2v) is 9.44. The van der Waals surface area contributed by atoms with E-state index in [4.69, 9.17) is 9.47 Å². The summed E-state index contributed by atoms with van der Waals surface area (Å²) in [5.41, 5.74) is 5.92. The summed E-state index contributed by atoms with van der Waals surface area (Å²) in [4.78, 5) is 12.4. The molecule has 1 N–H and O–H groups in total. The van der Waals surface area contributed by atoms with Crippen molar-refractivity contribution >= 4 is 12.1 Å². The molecule has 0 fully saturated rings. The van der Waals surface area contributed by atoms with Gasteiger partial charge in [-0.3, -0.25) is 4.79 Å². The zero-order valence-corrected chi connectivity index (χ0v) is 18.1. The first-order valence-corrected chi connectivity index (χ1v) is 9.91. The highest BCUT2D eigenvalue weighted by Crippen LogP contribution is 2.36. The Balaban J connectivity index is 1.61. The van der Waals surface area contributed by atoms with Crippen LogP contribution in [-0.2, 0) is 15.6 Å². The van der Waals surface area contributed by atoms with Crippen molar-refractivity contribution in [2.75, 3.05) is 6.61 Å². The maximum Gasteiger partial charge on any atom is 0.284 e. The lowest BCUT2D eigenvalue weighted by atomic mass is 9.87. The SMILES string of the molecule is CC(C)(C)c1ccc(/C=N/NC(=O)[C@@H]2COc3ccc(C(C)(C)C)cc3O2)cc1.